The Kier molecular flexibility index (Phi) is 7.32. The molecule has 0 bridgehead atoms. The van der Waals surface area contributed by atoms with Crippen LogP contribution in [0.4, 0.5) is 0 Å². The largest absolute Gasteiger partial charge is 0.491 e. The molecular weight excluding hydrogens is 364 g/mol. The molecule has 0 radical (unpaired) electrons. The summed E-state index contributed by atoms with van der Waals surface area (Å²) in [5, 5.41) is 0.241. The number of hydrogen-bond acceptors (Lipinski definition) is 3. The highest BCUT2D eigenvalue weighted by Crippen LogP contribution is 2.39. The molecule has 0 fully saturated rings. The number of carbonyl (C=O) groups excluding carboxylic acids is 1. The number of thioether (sulfide) groups is 1. The van der Waals surface area contributed by atoms with Crippen LogP contribution < -0.4 is 4.74 Å². The van der Waals surface area contributed by atoms with E-state index >= 15 is 0 Å². The lowest BCUT2D eigenvalue weighted by atomic mass is 9.97. The fourth-order valence-corrected chi connectivity index (χ4v) is 3.80. The minimum absolute atomic E-state index is 0.0986. The molecule has 3 heteroatoms. The van der Waals surface area contributed by atoms with Crippen LogP contribution in [0, 0.1) is 5.92 Å². The zero-order valence-electron chi connectivity index (χ0n) is 16.4. The van der Waals surface area contributed by atoms with Crippen LogP contribution >= 0.6 is 11.8 Å². The Balaban J connectivity index is 1.85. The maximum Gasteiger partial charge on any atom is 0.191 e. The van der Waals surface area contributed by atoms with Gasteiger partial charge in [-0.2, -0.15) is 0 Å². The molecule has 0 aromatic heterocycles. The quantitative estimate of drug-likeness (QED) is 0.400. The van der Waals surface area contributed by atoms with Crippen molar-refractivity contribution >= 4 is 16.9 Å². The van der Waals surface area contributed by atoms with Crippen LogP contribution in [-0.2, 0) is 4.79 Å². The normalized spacial score (nSPS) is 11.8. The highest BCUT2D eigenvalue weighted by molar-refractivity contribution is 8.13. The maximum absolute atomic E-state index is 12.1. The van der Waals surface area contributed by atoms with Gasteiger partial charge in [0.1, 0.15) is 5.75 Å². The Bertz CT molecular complexity index is 833. The Hall–Kier alpha value is -2.52. The molecule has 0 aliphatic heterocycles. The molecule has 2 nitrogen and oxygen atoms in total. The number of para-hydroxylation sites is 1. The summed E-state index contributed by atoms with van der Waals surface area (Å²) >= 11 is 1.37. The minimum atomic E-state index is 0.0986. The van der Waals surface area contributed by atoms with E-state index < -0.39 is 0 Å². The SMILES string of the molecule is CCC(C)C(=O)SCCOc1c(-c2ccccc2)cccc1-c1ccccc1. The van der Waals surface area contributed by atoms with Gasteiger partial charge < -0.3 is 4.74 Å². The first-order valence-corrected chi connectivity index (χ1v) is 10.7. The smallest absolute Gasteiger partial charge is 0.191 e. The average molecular weight is 391 g/mol. The Labute approximate surface area is 171 Å². The van der Waals surface area contributed by atoms with Crippen molar-refractivity contribution in [1.29, 1.82) is 0 Å². The average Bonchev–Trinajstić information content (AvgIpc) is 2.77. The Morgan fingerprint density at radius 3 is 1.89 bits per heavy atom. The lowest BCUT2D eigenvalue weighted by Crippen LogP contribution is -2.09. The van der Waals surface area contributed by atoms with Gasteiger partial charge in [0.2, 0.25) is 0 Å². The van der Waals surface area contributed by atoms with E-state index in [0.29, 0.717) is 12.4 Å². The van der Waals surface area contributed by atoms with Gasteiger partial charge in [-0.05, 0) is 17.5 Å². The van der Waals surface area contributed by atoms with E-state index in [-0.39, 0.29) is 11.0 Å². The first-order chi connectivity index (χ1) is 13.7. The highest BCUT2D eigenvalue weighted by atomic mass is 32.2. The van der Waals surface area contributed by atoms with E-state index in [9.17, 15) is 4.79 Å². The molecule has 144 valence electrons. The van der Waals surface area contributed by atoms with Crippen LogP contribution in [0.25, 0.3) is 22.3 Å². The first-order valence-electron chi connectivity index (χ1n) is 9.74. The number of ether oxygens (including phenoxy) is 1. The van der Waals surface area contributed by atoms with Gasteiger partial charge in [0, 0.05) is 22.8 Å². The first kappa shape index (κ1) is 20.2. The van der Waals surface area contributed by atoms with Crippen LogP contribution in [0.2, 0.25) is 0 Å². The maximum atomic E-state index is 12.1. The van der Waals surface area contributed by atoms with E-state index in [2.05, 4.69) is 42.5 Å². The minimum Gasteiger partial charge on any atom is -0.491 e. The number of benzene rings is 3. The van der Waals surface area contributed by atoms with E-state index in [1.54, 1.807) is 0 Å². The third kappa shape index (κ3) is 5.05. The van der Waals surface area contributed by atoms with Gasteiger partial charge in [0.05, 0.1) is 6.61 Å². The second-order valence-electron chi connectivity index (χ2n) is 6.74. The van der Waals surface area contributed by atoms with Crippen LogP contribution in [0.3, 0.4) is 0 Å². The van der Waals surface area contributed by atoms with Crippen molar-refractivity contribution in [3.8, 4) is 28.0 Å². The molecule has 3 aromatic carbocycles. The van der Waals surface area contributed by atoms with Crippen molar-refractivity contribution in [3.63, 3.8) is 0 Å². The van der Waals surface area contributed by atoms with E-state index in [1.165, 1.54) is 11.8 Å². The lowest BCUT2D eigenvalue weighted by Gasteiger charge is -2.17. The van der Waals surface area contributed by atoms with Crippen LogP contribution in [0.5, 0.6) is 5.75 Å². The Morgan fingerprint density at radius 2 is 1.39 bits per heavy atom. The predicted octanol–water partition coefficient (Wildman–Crippen LogP) is 6.71. The summed E-state index contributed by atoms with van der Waals surface area (Å²) in [5.74, 6) is 1.62. The molecule has 0 heterocycles. The van der Waals surface area contributed by atoms with Crippen molar-refractivity contribution in [3.05, 3.63) is 78.9 Å². The van der Waals surface area contributed by atoms with Crippen molar-refractivity contribution in [1.82, 2.24) is 0 Å². The molecule has 0 saturated carbocycles. The van der Waals surface area contributed by atoms with Crippen LogP contribution in [0.1, 0.15) is 20.3 Å². The van der Waals surface area contributed by atoms with E-state index in [1.807, 2.05) is 50.2 Å². The number of hydrogen-bond donors (Lipinski definition) is 0. The van der Waals surface area contributed by atoms with Gasteiger partial charge in [-0.1, -0.05) is 104 Å². The molecule has 0 spiro atoms. The molecule has 1 unspecified atom stereocenters. The molecule has 0 saturated heterocycles. The second-order valence-corrected chi connectivity index (χ2v) is 7.84. The topological polar surface area (TPSA) is 26.3 Å². The van der Waals surface area contributed by atoms with Gasteiger partial charge >= 0.3 is 0 Å². The van der Waals surface area contributed by atoms with Crippen LogP contribution in [0.15, 0.2) is 78.9 Å². The fraction of sp³-hybridized carbons (Fsp3) is 0.240. The summed E-state index contributed by atoms with van der Waals surface area (Å²) in [6.45, 7) is 4.52. The summed E-state index contributed by atoms with van der Waals surface area (Å²) in [4.78, 5) is 12.1. The standard InChI is InChI=1S/C25H26O2S/c1-3-19(2)25(26)28-18-17-27-24-22(20-11-6-4-7-12-20)15-10-16-23(24)21-13-8-5-9-14-21/h4-16,19H,3,17-18H2,1-2H3. The van der Waals surface area contributed by atoms with E-state index in [4.69, 9.17) is 4.74 Å². The molecule has 0 aliphatic rings. The predicted molar refractivity (Wildman–Crippen MR) is 120 cm³/mol. The molecule has 1 atom stereocenters. The number of carbonyl (C=O) groups is 1. The second kappa shape index (κ2) is 10.1. The highest BCUT2D eigenvalue weighted by Gasteiger charge is 2.15. The summed E-state index contributed by atoms with van der Waals surface area (Å²) in [7, 11) is 0. The Morgan fingerprint density at radius 1 is 0.857 bits per heavy atom. The van der Waals surface area contributed by atoms with Gasteiger partial charge in [0.15, 0.2) is 5.12 Å². The molecule has 0 N–H and O–H groups in total. The van der Waals surface area contributed by atoms with Crippen molar-refractivity contribution in [2.75, 3.05) is 12.4 Å². The lowest BCUT2D eigenvalue weighted by molar-refractivity contribution is -0.114. The molecule has 0 amide bonds. The van der Waals surface area contributed by atoms with Gasteiger partial charge in [0.25, 0.3) is 0 Å². The van der Waals surface area contributed by atoms with Crippen LogP contribution in [-0.4, -0.2) is 17.5 Å². The molecule has 0 aliphatic carbocycles. The summed E-state index contributed by atoms with van der Waals surface area (Å²) in [5.41, 5.74) is 4.39. The molecule has 3 aromatic rings. The van der Waals surface area contributed by atoms with E-state index in [0.717, 1.165) is 34.4 Å². The number of rotatable bonds is 8. The third-order valence-corrected chi connectivity index (χ3v) is 5.83. The zero-order chi connectivity index (χ0) is 19.8. The van der Waals surface area contributed by atoms with Crippen molar-refractivity contribution < 1.29 is 9.53 Å². The van der Waals surface area contributed by atoms with Crippen molar-refractivity contribution in [2.24, 2.45) is 5.92 Å². The summed E-state index contributed by atoms with van der Waals surface area (Å²) in [6.07, 6.45) is 0.877. The summed E-state index contributed by atoms with van der Waals surface area (Å²) in [6, 6.07) is 26.8. The third-order valence-electron chi connectivity index (χ3n) is 4.77. The fourth-order valence-electron chi connectivity index (χ4n) is 2.98. The summed E-state index contributed by atoms with van der Waals surface area (Å²) < 4.78 is 6.27. The zero-order valence-corrected chi connectivity index (χ0v) is 17.2. The van der Waals surface area contributed by atoms with Gasteiger partial charge in [-0.15, -0.1) is 0 Å². The van der Waals surface area contributed by atoms with Crippen molar-refractivity contribution in [2.45, 2.75) is 20.3 Å². The molecule has 28 heavy (non-hydrogen) atoms. The monoisotopic (exact) mass is 390 g/mol. The van der Waals surface area contributed by atoms with Gasteiger partial charge in [-0.3, -0.25) is 4.79 Å². The molecule has 3 rings (SSSR count). The van der Waals surface area contributed by atoms with Gasteiger partial charge in [-0.25, -0.2) is 0 Å². The molecular formula is C25H26O2S.